The third-order valence-electron chi connectivity index (χ3n) is 2.93. The molecular formula is C13H16O6. The van der Waals surface area contributed by atoms with Crippen LogP contribution >= 0.6 is 0 Å². The molecule has 0 bridgehead atoms. The molecule has 6 nitrogen and oxygen atoms in total. The number of hydrogen-bond acceptors (Lipinski definition) is 5. The maximum Gasteiger partial charge on any atom is 0.337 e. The van der Waals surface area contributed by atoms with Gasteiger partial charge in [0.05, 0.1) is 20.3 Å². The Morgan fingerprint density at radius 3 is 2.89 bits per heavy atom. The van der Waals surface area contributed by atoms with E-state index in [1.165, 1.54) is 13.2 Å². The lowest BCUT2D eigenvalue weighted by molar-refractivity contribution is -0.147. The minimum absolute atomic E-state index is 0.156. The maximum absolute atomic E-state index is 10.9. The molecule has 1 aromatic rings. The molecule has 2 N–H and O–H groups in total. The lowest BCUT2D eigenvalue weighted by atomic mass is 10.1. The molecule has 0 aliphatic carbocycles. The third kappa shape index (κ3) is 2.97. The van der Waals surface area contributed by atoms with Gasteiger partial charge in [0, 0.05) is 12.0 Å². The molecule has 104 valence electrons. The first-order valence-corrected chi connectivity index (χ1v) is 5.95. The Kier molecular flexibility index (Phi) is 4.24. The van der Waals surface area contributed by atoms with Gasteiger partial charge < -0.3 is 24.4 Å². The maximum atomic E-state index is 10.9. The molecule has 0 saturated carbocycles. The zero-order chi connectivity index (χ0) is 13.8. The molecule has 1 saturated heterocycles. The van der Waals surface area contributed by atoms with Gasteiger partial charge in [0.2, 0.25) is 0 Å². The lowest BCUT2D eigenvalue weighted by Crippen LogP contribution is -2.19. The van der Waals surface area contributed by atoms with Gasteiger partial charge in [-0.15, -0.1) is 0 Å². The predicted molar refractivity (Wildman–Crippen MR) is 65.4 cm³/mol. The predicted octanol–water partition coefficient (Wildman–Crippen LogP) is 0.981. The minimum atomic E-state index is -1.65. The molecule has 1 heterocycles. The Bertz CT molecular complexity index is 452. The fourth-order valence-electron chi connectivity index (χ4n) is 1.94. The van der Waals surface area contributed by atoms with Gasteiger partial charge >= 0.3 is 5.97 Å². The van der Waals surface area contributed by atoms with Crippen molar-refractivity contribution in [2.75, 3.05) is 20.3 Å². The van der Waals surface area contributed by atoms with Crippen LogP contribution in [0.5, 0.6) is 11.5 Å². The van der Waals surface area contributed by atoms with Crippen LogP contribution < -0.4 is 9.47 Å². The second-order valence-electron chi connectivity index (χ2n) is 4.22. The van der Waals surface area contributed by atoms with Crippen LogP contribution in [0.3, 0.4) is 0 Å². The summed E-state index contributed by atoms with van der Waals surface area (Å²) >= 11 is 0. The highest BCUT2D eigenvalue weighted by Crippen LogP contribution is 2.36. The van der Waals surface area contributed by atoms with Gasteiger partial charge in [-0.1, -0.05) is 12.1 Å². The number of aliphatic hydroxyl groups excluding tert-OH is 1. The second kappa shape index (κ2) is 5.90. The molecule has 2 unspecified atom stereocenters. The average Bonchev–Trinajstić information content (AvgIpc) is 2.91. The zero-order valence-electron chi connectivity index (χ0n) is 10.5. The smallest absolute Gasteiger partial charge is 0.337 e. The van der Waals surface area contributed by atoms with Gasteiger partial charge in [-0.2, -0.15) is 0 Å². The van der Waals surface area contributed by atoms with Crippen LogP contribution in [0.2, 0.25) is 0 Å². The highest BCUT2D eigenvalue weighted by Gasteiger charge is 2.26. The fraction of sp³-hybridized carbons (Fsp3) is 0.462. The standard InChI is InChI=1S/C13H16O6/c1-17-10-4-2-3-9(11(14)13(15)16)12(10)19-8-5-6-18-7-8/h2-4,8,11,14H,5-7H2,1H3,(H,15,16). The van der Waals surface area contributed by atoms with Crippen molar-refractivity contribution in [2.24, 2.45) is 0 Å². The van der Waals surface area contributed by atoms with Crippen LogP contribution in [0.4, 0.5) is 0 Å². The van der Waals surface area contributed by atoms with Crippen molar-refractivity contribution in [3.8, 4) is 11.5 Å². The van der Waals surface area contributed by atoms with Crippen molar-refractivity contribution in [1.29, 1.82) is 0 Å². The summed E-state index contributed by atoms with van der Waals surface area (Å²) in [6.07, 6.45) is -1.08. The molecule has 0 amide bonds. The number of carbonyl (C=O) groups is 1. The van der Waals surface area contributed by atoms with E-state index in [9.17, 15) is 9.90 Å². The van der Waals surface area contributed by atoms with Crippen LogP contribution in [0.25, 0.3) is 0 Å². The Hall–Kier alpha value is -1.79. The Morgan fingerprint density at radius 1 is 1.53 bits per heavy atom. The van der Waals surface area contributed by atoms with Crippen molar-refractivity contribution < 1.29 is 29.2 Å². The quantitative estimate of drug-likeness (QED) is 0.828. The largest absolute Gasteiger partial charge is 0.493 e. The number of benzene rings is 1. The van der Waals surface area contributed by atoms with E-state index in [1.54, 1.807) is 12.1 Å². The average molecular weight is 268 g/mol. The van der Waals surface area contributed by atoms with Crippen molar-refractivity contribution in [2.45, 2.75) is 18.6 Å². The number of hydrogen-bond donors (Lipinski definition) is 2. The van der Waals surface area contributed by atoms with E-state index >= 15 is 0 Å². The second-order valence-corrected chi connectivity index (χ2v) is 4.22. The summed E-state index contributed by atoms with van der Waals surface area (Å²) < 4.78 is 16.1. The number of para-hydroxylation sites is 1. The molecule has 1 aliphatic rings. The topological polar surface area (TPSA) is 85.2 Å². The van der Waals surface area contributed by atoms with E-state index in [1.807, 2.05) is 0 Å². The van der Waals surface area contributed by atoms with Gasteiger partial charge in [0.15, 0.2) is 17.6 Å². The summed E-state index contributed by atoms with van der Waals surface area (Å²) in [7, 11) is 1.46. The molecule has 2 atom stereocenters. The summed E-state index contributed by atoms with van der Waals surface area (Å²) in [5, 5.41) is 18.6. The Balaban J connectivity index is 2.33. The number of aliphatic hydroxyl groups is 1. The zero-order valence-corrected chi connectivity index (χ0v) is 10.5. The fourth-order valence-corrected chi connectivity index (χ4v) is 1.94. The molecule has 2 rings (SSSR count). The van der Waals surface area contributed by atoms with E-state index in [2.05, 4.69) is 0 Å². The van der Waals surface area contributed by atoms with Gasteiger partial charge in [-0.3, -0.25) is 0 Å². The van der Waals surface area contributed by atoms with Crippen LogP contribution in [0.1, 0.15) is 18.1 Å². The summed E-state index contributed by atoms with van der Waals surface area (Å²) in [5.41, 5.74) is 0.179. The first-order chi connectivity index (χ1) is 9.13. The summed E-state index contributed by atoms with van der Waals surface area (Å²) in [5.74, 6) is -0.680. The third-order valence-corrected chi connectivity index (χ3v) is 2.93. The van der Waals surface area contributed by atoms with E-state index in [4.69, 9.17) is 19.3 Å². The summed E-state index contributed by atoms with van der Waals surface area (Å²) in [6.45, 7) is 1.05. The number of aliphatic carboxylic acids is 1. The SMILES string of the molecule is COc1cccc(C(O)C(=O)O)c1OC1CCOC1. The van der Waals surface area contributed by atoms with Crippen molar-refractivity contribution >= 4 is 5.97 Å². The van der Waals surface area contributed by atoms with Gasteiger partial charge in [-0.25, -0.2) is 4.79 Å². The van der Waals surface area contributed by atoms with Crippen LogP contribution in [0, 0.1) is 0 Å². The summed E-state index contributed by atoms with van der Waals surface area (Å²) in [4.78, 5) is 10.9. The highest BCUT2D eigenvalue weighted by atomic mass is 16.6. The van der Waals surface area contributed by atoms with E-state index in [0.717, 1.165) is 6.42 Å². The van der Waals surface area contributed by atoms with E-state index in [-0.39, 0.29) is 17.4 Å². The molecule has 6 heteroatoms. The lowest BCUT2D eigenvalue weighted by Gasteiger charge is -2.19. The van der Waals surface area contributed by atoms with Crippen LogP contribution in [-0.4, -0.2) is 42.6 Å². The molecule has 1 aliphatic heterocycles. The van der Waals surface area contributed by atoms with Gasteiger partial charge in [0.25, 0.3) is 0 Å². The number of methoxy groups -OCH3 is 1. The molecule has 0 radical (unpaired) electrons. The Morgan fingerprint density at radius 2 is 2.32 bits per heavy atom. The Labute approximate surface area is 110 Å². The van der Waals surface area contributed by atoms with Gasteiger partial charge in [-0.05, 0) is 6.07 Å². The molecule has 19 heavy (non-hydrogen) atoms. The number of ether oxygens (including phenoxy) is 3. The highest BCUT2D eigenvalue weighted by molar-refractivity contribution is 5.75. The van der Waals surface area contributed by atoms with Gasteiger partial charge in [0.1, 0.15) is 6.10 Å². The van der Waals surface area contributed by atoms with E-state index in [0.29, 0.717) is 19.0 Å². The van der Waals surface area contributed by atoms with Crippen molar-refractivity contribution in [3.63, 3.8) is 0 Å². The first kappa shape index (κ1) is 13.6. The molecule has 0 spiro atoms. The number of carboxylic acids is 1. The molecule has 0 aromatic heterocycles. The molecular weight excluding hydrogens is 252 g/mol. The normalized spacial score (nSPS) is 20.0. The first-order valence-electron chi connectivity index (χ1n) is 5.95. The van der Waals surface area contributed by atoms with E-state index < -0.39 is 12.1 Å². The van der Waals surface area contributed by atoms with Crippen molar-refractivity contribution in [3.05, 3.63) is 23.8 Å². The monoisotopic (exact) mass is 268 g/mol. The van der Waals surface area contributed by atoms with Crippen LogP contribution in [0.15, 0.2) is 18.2 Å². The number of rotatable bonds is 5. The minimum Gasteiger partial charge on any atom is -0.493 e. The summed E-state index contributed by atoms with van der Waals surface area (Å²) in [6, 6.07) is 4.77. The molecule has 1 fully saturated rings. The van der Waals surface area contributed by atoms with Crippen LogP contribution in [-0.2, 0) is 9.53 Å². The molecule has 1 aromatic carbocycles. The number of carboxylic acid groups (broad SMARTS) is 1. The van der Waals surface area contributed by atoms with Crippen molar-refractivity contribution in [1.82, 2.24) is 0 Å².